The van der Waals surface area contributed by atoms with E-state index < -0.39 is 0 Å². The molecule has 210 valence electrons. The van der Waals surface area contributed by atoms with Crippen LogP contribution in [0.4, 0.5) is 0 Å². The highest BCUT2D eigenvalue weighted by Crippen LogP contribution is 2.39. The lowest BCUT2D eigenvalue weighted by Gasteiger charge is -2.09. The zero-order valence-corrected chi connectivity index (χ0v) is 24.4. The van der Waals surface area contributed by atoms with E-state index in [1.165, 1.54) is 21.8 Å². The van der Waals surface area contributed by atoms with Crippen molar-refractivity contribution in [2.45, 2.75) is 6.92 Å². The van der Waals surface area contributed by atoms with Crippen LogP contribution in [0, 0.1) is 0 Å². The number of allylic oxidation sites excluding steroid dienone is 5. The van der Waals surface area contributed by atoms with Gasteiger partial charge in [0.05, 0.1) is 33.5 Å². The summed E-state index contributed by atoms with van der Waals surface area (Å²) in [5.41, 5.74) is 10.8. The van der Waals surface area contributed by atoms with Gasteiger partial charge in [0, 0.05) is 33.3 Å². The van der Waals surface area contributed by atoms with E-state index in [0.29, 0.717) is 0 Å². The summed E-state index contributed by atoms with van der Waals surface area (Å²) >= 11 is 0. The summed E-state index contributed by atoms with van der Waals surface area (Å²) in [6.45, 7) is 6.21. The van der Waals surface area contributed by atoms with Crippen LogP contribution in [0.5, 0.6) is 0 Å². The predicted octanol–water partition coefficient (Wildman–Crippen LogP) is 10.2. The summed E-state index contributed by atoms with van der Waals surface area (Å²) in [4.78, 5) is 5.37. The Hall–Kier alpha value is -5.87. The lowest BCUT2D eigenvalue weighted by molar-refractivity contribution is 1.10. The molecule has 0 fully saturated rings. The molecule has 3 heterocycles. The molecule has 0 atom stereocenters. The molecule has 0 bridgehead atoms. The third-order valence-electron chi connectivity index (χ3n) is 8.36. The van der Waals surface area contributed by atoms with Crippen LogP contribution in [0.15, 0.2) is 158 Å². The molecule has 0 aliphatic heterocycles. The van der Waals surface area contributed by atoms with E-state index in [2.05, 4.69) is 148 Å². The SMILES string of the molecule is C=C/C(=C\C=C/C)c1nc2n(-c3ccccc3)c3ccccc3n2c1-c1ccc2c(c1)c1ccccc1n2-c1ccccc1. The molecule has 0 saturated carbocycles. The third-order valence-corrected chi connectivity index (χ3v) is 8.36. The lowest BCUT2D eigenvalue weighted by atomic mass is 10.0. The maximum Gasteiger partial charge on any atom is 0.220 e. The van der Waals surface area contributed by atoms with Crippen LogP contribution in [-0.2, 0) is 0 Å². The monoisotopic (exact) mass is 566 g/mol. The number of nitrogens with zero attached hydrogens (tertiary/aromatic N) is 4. The Bertz CT molecular complexity index is 2400. The highest BCUT2D eigenvalue weighted by molar-refractivity contribution is 6.10. The van der Waals surface area contributed by atoms with Crippen molar-refractivity contribution in [1.82, 2.24) is 18.5 Å². The first-order chi connectivity index (χ1) is 21.8. The van der Waals surface area contributed by atoms with Gasteiger partial charge in [-0.05, 0) is 61.5 Å². The minimum absolute atomic E-state index is 0.863. The van der Waals surface area contributed by atoms with Crippen molar-refractivity contribution in [3.63, 3.8) is 0 Å². The molecule has 0 radical (unpaired) electrons. The fourth-order valence-electron chi connectivity index (χ4n) is 6.45. The minimum atomic E-state index is 0.863. The molecule has 0 amide bonds. The van der Waals surface area contributed by atoms with E-state index in [4.69, 9.17) is 4.98 Å². The largest absolute Gasteiger partial charge is 0.309 e. The summed E-state index contributed by atoms with van der Waals surface area (Å²) in [7, 11) is 0. The van der Waals surface area contributed by atoms with Crippen molar-refractivity contribution in [2.75, 3.05) is 0 Å². The minimum Gasteiger partial charge on any atom is -0.309 e. The molecular formula is C40H30N4. The van der Waals surface area contributed by atoms with Crippen molar-refractivity contribution >= 4 is 44.2 Å². The van der Waals surface area contributed by atoms with Gasteiger partial charge >= 0.3 is 0 Å². The molecule has 3 aromatic heterocycles. The summed E-state index contributed by atoms with van der Waals surface area (Å²) < 4.78 is 6.91. The quantitative estimate of drug-likeness (QED) is 0.184. The van der Waals surface area contributed by atoms with E-state index in [9.17, 15) is 0 Å². The number of hydrogen-bond donors (Lipinski definition) is 0. The number of para-hydroxylation sites is 5. The van der Waals surface area contributed by atoms with Gasteiger partial charge in [0.15, 0.2) is 0 Å². The van der Waals surface area contributed by atoms with E-state index >= 15 is 0 Å². The van der Waals surface area contributed by atoms with E-state index in [1.807, 2.05) is 31.2 Å². The number of fused-ring (bicyclic) bond motifs is 6. The predicted molar refractivity (Wildman–Crippen MR) is 185 cm³/mol. The average Bonchev–Trinajstić information content (AvgIpc) is 3.73. The zero-order valence-electron chi connectivity index (χ0n) is 24.4. The standard InChI is InChI=1S/C40H30N4/c1-3-5-16-28(4-2)38-39(44-37-24-15-14-23-36(37)43(40(44)41-38)31-19-10-7-11-20-31)29-25-26-35-33(27-29)32-21-12-13-22-34(32)42(35)30-17-8-6-9-18-30/h3-27H,2H2,1H3/b5-3-,28-16+. The third kappa shape index (κ3) is 3.89. The topological polar surface area (TPSA) is 27.2 Å². The lowest BCUT2D eigenvalue weighted by Crippen LogP contribution is -1.94. The van der Waals surface area contributed by atoms with Crippen LogP contribution in [0.1, 0.15) is 12.6 Å². The molecule has 0 unspecified atom stereocenters. The van der Waals surface area contributed by atoms with Gasteiger partial charge in [-0.15, -0.1) is 0 Å². The number of hydrogen-bond acceptors (Lipinski definition) is 1. The van der Waals surface area contributed by atoms with Gasteiger partial charge in [0.2, 0.25) is 5.78 Å². The summed E-state index contributed by atoms with van der Waals surface area (Å²) in [5, 5.41) is 2.42. The van der Waals surface area contributed by atoms with Crippen LogP contribution in [-0.4, -0.2) is 18.5 Å². The molecular weight excluding hydrogens is 536 g/mol. The molecule has 44 heavy (non-hydrogen) atoms. The Morgan fingerprint density at radius 3 is 1.95 bits per heavy atom. The highest BCUT2D eigenvalue weighted by atomic mass is 15.2. The van der Waals surface area contributed by atoms with Crippen molar-refractivity contribution in [3.8, 4) is 22.6 Å². The molecule has 0 N–H and O–H groups in total. The molecule has 8 rings (SSSR count). The molecule has 5 aromatic carbocycles. The van der Waals surface area contributed by atoms with Gasteiger partial charge in [-0.25, -0.2) is 4.98 Å². The zero-order chi connectivity index (χ0) is 29.6. The Balaban J connectivity index is 1.50. The summed E-state index contributed by atoms with van der Waals surface area (Å²) in [6, 6.07) is 45.0. The van der Waals surface area contributed by atoms with Crippen molar-refractivity contribution in [2.24, 2.45) is 0 Å². The van der Waals surface area contributed by atoms with Gasteiger partial charge in [0.1, 0.15) is 0 Å². The summed E-state index contributed by atoms with van der Waals surface area (Å²) in [5.74, 6) is 0.863. The Labute approximate surface area is 255 Å². The molecule has 4 nitrogen and oxygen atoms in total. The number of rotatable bonds is 6. The average molecular weight is 567 g/mol. The first-order valence-electron chi connectivity index (χ1n) is 14.9. The smallest absolute Gasteiger partial charge is 0.220 e. The second-order valence-corrected chi connectivity index (χ2v) is 10.9. The second kappa shape index (κ2) is 10.4. The fourth-order valence-corrected chi connectivity index (χ4v) is 6.45. The van der Waals surface area contributed by atoms with Crippen LogP contribution in [0.2, 0.25) is 0 Å². The van der Waals surface area contributed by atoms with E-state index in [1.54, 1.807) is 0 Å². The normalized spacial score (nSPS) is 12.3. The highest BCUT2D eigenvalue weighted by Gasteiger charge is 2.24. The van der Waals surface area contributed by atoms with Crippen LogP contribution >= 0.6 is 0 Å². The summed E-state index contributed by atoms with van der Waals surface area (Å²) in [6.07, 6.45) is 8.07. The van der Waals surface area contributed by atoms with Crippen molar-refractivity contribution in [3.05, 3.63) is 164 Å². The molecule has 0 saturated heterocycles. The molecule has 0 aliphatic carbocycles. The number of benzene rings is 5. The molecule has 4 heteroatoms. The van der Waals surface area contributed by atoms with Gasteiger partial charge < -0.3 is 4.57 Å². The van der Waals surface area contributed by atoms with Crippen molar-refractivity contribution < 1.29 is 0 Å². The van der Waals surface area contributed by atoms with Gasteiger partial charge in [-0.2, -0.15) is 0 Å². The van der Waals surface area contributed by atoms with E-state index in [-0.39, 0.29) is 0 Å². The van der Waals surface area contributed by atoms with Crippen LogP contribution < -0.4 is 0 Å². The Morgan fingerprint density at radius 1 is 0.636 bits per heavy atom. The Morgan fingerprint density at radius 2 is 1.25 bits per heavy atom. The molecule has 0 spiro atoms. The van der Waals surface area contributed by atoms with Crippen LogP contribution in [0.3, 0.4) is 0 Å². The maximum atomic E-state index is 5.37. The van der Waals surface area contributed by atoms with Gasteiger partial charge in [0.25, 0.3) is 0 Å². The second-order valence-electron chi connectivity index (χ2n) is 10.9. The van der Waals surface area contributed by atoms with Gasteiger partial charge in [-0.3, -0.25) is 8.97 Å². The van der Waals surface area contributed by atoms with Crippen LogP contribution in [0.25, 0.3) is 66.8 Å². The molecule has 0 aliphatic rings. The first kappa shape index (κ1) is 25.8. The molecule has 8 aromatic rings. The fraction of sp³-hybridized carbons (Fsp3) is 0.0250. The first-order valence-corrected chi connectivity index (χ1v) is 14.9. The maximum absolute atomic E-state index is 5.37. The van der Waals surface area contributed by atoms with Gasteiger partial charge in [-0.1, -0.05) is 104 Å². The number of imidazole rings is 2. The Kier molecular flexibility index (Phi) is 6.13. The van der Waals surface area contributed by atoms with Crippen molar-refractivity contribution in [1.29, 1.82) is 0 Å². The van der Waals surface area contributed by atoms with E-state index in [0.717, 1.165) is 50.7 Å². The number of aromatic nitrogens is 4.